The van der Waals surface area contributed by atoms with Gasteiger partial charge < -0.3 is 36.4 Å². The minimum absolute atomic E-state index is 0.0249. The first-order valence-electron chi connectivity index (χ1n) is 10.8. The van der Waals surface area contributed by atoms with Gasteiger partial charge in [-0.25, -0.2) is 4.79 Å². The molecule has 0 radical (unpaired) electrons. The number of rotatable bonds is 15. The van der Waals surface area contributed by atoms with Gasteiger partial charge in [0.1, 0.15) is 0 Å². The van der Waals surface area contributed by atoms with E-state index in [1.165, 1.54) is 0 Å². The Bertz CT molecular complexity index is 769. The molecule has 0 aliphatic rings. The van der Waals surface area contributed by atoms with E-state index in [0.717, 1.165) is 44.1 Å². The van der Waals surface area contributed by atoms with E-state index in [0.29, 0.717) is 11.3 Å². The smallest absolute Gasteiger partial charge is 0.336 e. The van der Waals surface area contributed by atoms with Crippen molar-refractivity contribution in [1.29, 1.82) is 0 Å². The molecule has 7 N–H and O–H groups in total. The molecule has 0 unspecified atom stereocenters. The van der Waals surface area contributed by atoms with Crippen LogP contribution in [-0.4, -0.2) is 92.4 Å². The molecule has 1 aromatic carbocycles. The van der Waals surface area contributed by atoms with Gasteiger partial charge in [-0.1, -0.05) is 13.8 Å². The monoisotopic (exact) mass is 501 g/mol. The fraction of sp³-hybridized carbons (Fsp3) is 0.545. The summed E-state index contributed by atoms with van der Waals surface area (Å²) in [4.78, 5) is 44.8. The lowest BCUT2D eigenvalue weighted by atomic mass is 9.96. The van der Waals surface area contributed by atoms with Gasteiger partial charge in [-0.05, 0) is 49.5 Å². The van der Waals surface area contributed by atoms with Gasteiger partial charge in [-0.2, -0.15) is 11.8 Å². The Balaban J connectivity index is 0.000000722. The number of nitrogens with two attached hydrogens (primary N) is 1. The molecule has 1 rings (SSSR count). The molecular formula is C22H35N3O8S. The third kappa shape index (κ3) is 13.7. The predicted octanol–water partition coefficient (Wildman–Crippen LogP) is 1.22. The average Bonchev–Trinajstić information content (AvgIpc) is 2.75. The van der Waals surface area contributed by atoms with E-state index in [9.17, 15) is 19.2 Å². The molecule has 0 aliphatic heterocycles. The van der Waals surface area contributed by atoms with E-state index in [-0.39, 0.29) is 5.91 Å². The Labute approximate surface area is 203 Å². The molecule has 0 atom stereocenters. The van der Waals surface area contributed by atoms with Gasteiger partial charge in [-0.3, -0.25) is 14.4 Å². The van der Waals surface area contributed by atoms with E-state index >= 15 is 0 Å². The zero-order valence-electron chi connectivity index (χ0n) is 19.5. The molecule has 0 aliphatic carbocycles. The van der Waals surface area contributed by atoms with Crippen LogP contribution in [0.25, 0.3) is 0 Å². The molecule has 0 saturated heterocycles. The van der Waals surface area contributed by atoms with Crippen molar-refractivity contribution in [2.45, 2.75) is 38.7 Å². The molecule has 1 aromatic rings. The number of aliphatic carboxylic acids is 3. The molecule has 0 heterocycles. The summed E-state index contributed by atoms with van der Waals surface area (Å²) in [5, 5.41) is 36.7. The number of hydrogen-bond donors (Lipinski definition) is 6. The maximum Gasteiger partial charge on any atom is 0.336 e. The predicted molar refractivity (Wildman–Crippen MR) is 130 cm³/mol. The van der Waals surface area contributed by atoms with Crippen LogP contribution in [0.2, 0.25) is 0 Å². The molecule has 0 fully saturated rings. The number of benzene rings is 1. The lowest BCUT2D eigenvalue weighted by molar-refractivity contribution is -0.170. The number of nitrogen functional groups attached to an aromatic ring is 1. The third-order valence-corrected chi connectivity index (χ3v) is 5.70. The quantitative estimate of drug-likeness (QED) is 0.150. The van der Waals surface area contributed by atoms with E-state index in [4.69, 9.17) is 26.2 Å². The highest BCUT2D eigenvalue weighted by molar-refractivity contribution is 7.99. The second-order valence-corrected chi connectivity index (χ2v) is 8.57. The number of carboxylic acids is 3. The SMILES string of the molecule is CCN(CC)CCSCCCNC(=O)c1ccc(N)cc1.O=C(O)CC(O)(CC(=O)O)C(=O)O. The summed E-state index contributed by atoms with van der Waals surface area (Å²) in [6.07, 6.45) is -1.28. The van der Waals surface area contributed by atoms with Gasteiger partial charge in [0.25, 0.3) is 5.91 Å². The van der Waals surface area contributed by atoms with Crippen molar-refractivity contribution >= 4 is 41.3 Å². The zero-order chi connectivity index (χ0) is 26.1. The maximum absolute atomic E-state index is 11.8. The second kappa shape index (κ2) is 16.7. The summed E-state index contributed by atoms with van der Waals surface area (Å²) in [5.41, 5.74) is 4.20. The first kappa shape index (κ1) is 31.2. The molecule has 11 nitrogen and oxygen atoms in total. The average molecular weight is 502 g/mol. The van der Waals surface area contributed by atoms with Crippen molar-refractivity contribution in [2.24, 2.45) is 0 Å². The molecule has 1 amide bonds. The zero-order valence-corrected chi connectivity index (χ0v) is 20.3. The number of nitrogens with zero attached hydrogens (tertiary/aromatic N) is 1. The lowest BCUT2D eigenvalue weighted by Gasteiger charge is -2.18. The van der Waals surface area contributed by atoms with Gasteiger partial charge in [0.05, 0.1) is 12.8 Å². The Morgan fingerprint density at radius 2 is 1.50 bits per heavy atom. The van der Waals surface area contributed by atoms with Crippen LogP contribution < -0.4 is 11.1 Å². The van der Waals surface area contributed by atoms with Gasteiger partial charge in [0.15, 0.2) is 5.60 Å². The molecular weight excluding hydrogens is 466 g/mol. The van der Waals surface area contributed by atoms with Crippen molar-refractivity contribution < 1.29 is 39.6 Å². The van der Waals surface area contributed by atoms with Crippen molar-refractivity contribution in [3.8, 4) is 0 Å². The number of carbonyl (C=O) groups is 4. The topological polar surface area (TPSA) is 190 Å². The van der Waals surface area contributed by atoms with Crippen molar-refractivity contribution in [3.05, 3.63) is 29.8 Å². The summed E-state index contributed by atoms with van der Waals surface area (Å²) in [5.74, 6) is -2.80. The van der Waals surface area contributed by atoms with Crippen molar-refractivity contribution in [1.82, 2.24) is 10.2 Å². The Morgan fingerprint density at radius 3 is 1.94 bits per heavy atom. The molecule has 12 heteroatoms. The Morgan fingerprint density at radius 1 is 0.971 bits per heavy atom. The van der Waals surface area contributed by atoms with Crippen LogP contribution in [0.5, 0.6) is 0 Å². The fourth-order valence-corrected chi connectivity index (χ4v) is 3.60. The van der Waals surface area contributed by atoms with Crippen LogP contribution >= 0.6 is 11.8 Å². The van der Waals surface area contributed by atoms with E-state index in [1.54, 1.807) is 24.3 Å². The van der Waals surface area contributed by atoms with Gasteiger partial charge in [-0.15, -0.1) is 0 Å². The Hall–Kier alpha value is -2.83. The van der Waals surface area contributed by atoms with E-state index < -0.39 is 36.4 Å². The number of nitrogens with one attached hydrogen (secondary N) is 1. The number of carboxylic acid groups (broad SMARTS) is 3. The minimum Gasteiger partial charge on any atom is -0.481 e. The van der Waals surface area contributed by atoms with Crippen molar-refractivity contribution in [2.75, 3.05) is 43.4 Å². The maximum atomic E-state index is 11.8. The summed E-state index contributed by atoms with van der Waals surface area (Å²) in [7, 11) is 0. The fourth-order valence-electron chi connectivity index (χ4n) is 2.66. The summed E-state index contributed by atoms with van der Waals surface area (Å²) < 4.78 is 0. The number of thioether (sulfide) groups is 1. The highest BCUT2D eigenvalue weighted by Crippen LogP contribution is 2.15. The van der Waals surface area contributed by atoms with Crippen LogP contribution in [0.1, 0.15) is 43.5 Å². The van der Waals surface area contributed by atoms with Gasteiger partial charge in [0.2, 0.25) is 0 Å². The number of aliphatic hydroxyl groups is 1. The lowest BCUT2D eigenvalue weighted by Crippen LogP contribution is -2.42. The molecule has 0 spiro atoms. The molecule has 0 saturated carbocycles. The molecule has 0 bridgehead atoms. The standard InChI is InChI=1S/C16H27N3OS.C6H8O7/c1-3-19(4-2)11-13-21-12-5-10-18-16(20)14-6-8-15(17)9-7-14;7-3(8)1-6(13,5(11)12)2-4(9)10/h6-9H,3-5,10-13,17H2,1-2H3,(H,18,20);13H,1-2H2,(H,7,8)(H,9,10)(H,11,12). The number of amides is 1. The van der Waals surface area contributed by atoms with Crippen LogP contribution in [0.4, 0.5) is 5.69 Å². The van der Waals surface area contributed by atoms with Crippen LogP contribution in [0.3, 0.4) is 0 Å². The minimum atomic E-state index is -2.74. The first-order chi connectivity index (χ1) is 15.9. The third-order valence-electron chi connectivity index (χ3n) is 4.66. The summed E-state index contributed by atoms with van der Waals surface area (Å²) >= 11 is 1.95. The molecule has 34 heavy (non-hydrogen) atoms. The van der Waals surface area contributed by atoms with Crippen molar-refractivity contribution in [3.63, 3.8) is 0 Å². The largest absolute Gasteiger partial charge is 0.481 e. The summed E-state index contributed by atoms with van der Waals surface area (Å²) in [6.45, 7) is 8.50. The molecule has 192 valence electrons. The normalized spacial score (nSPS) is 10.8. The van der Waals surface area contributed by atoms with Crippen LogP contribution in [0, 0.1) is 0 Å². The van der Waals surface area contributed by atoms with Crippen LogP contribution in [-0.2, 0) is 14.4 Å². The van der Waals surface area contributed by atoms with E-state index in [1.807, 2.05) is 11.8 Å². The van der Waals surface area contributed by atoms with Gasteiger partial charge in [0, 0.05) is 30.1 Å². The molecule has 0 aromatic heterocycles. The van der Waals surface area contributed by atoms with Crippen LogP contribution in [0.15, 0.2) is 24.3 Å². The Kier molecular flexibility index (Phi) is 15.3. The number of hydrogen-bond acceptors (Lipinski definition) is 8. The van der Waals surface area contributed by atoms with Gasteiger partial charge >= 0.3 is 17.9 Å². The summed E-state index contributed by atoms with van der Waals surface area (Å²) in [6, 6.07) is 7.00. The number of carbonyl (C=O) groups excluding carboxylic acids is 1. The second-order valence-electron chi connectivity index (χ2n) is 7.35. The van der Waals surface area contributed by atoms with E-state index in [2.05, 4.69) is 24.1 Å². The highest BCUT2D eigenvalue weighted by atomic mass is 32.2. The number of anilines is 1. The highest BCUT2D eigenvalue weighted by Gasteiger charge is 2.40. The first-order valence-corrected chi connectivity index (χ1v) is 11.9.